The molecule has 106 valence electrons. The number of amides is 1. The summed E-state index contributed by atoms with van der Waals surface area (Å²) in [5, 5.41) is 6.50. The fourth-order valence-corrected chi connectivity index (χ4v) is 3.61. The van der Waals surface area contributed by atoms with Gasteiger partial charge in [-0.3, -0.25) is 4.79 Å². The standard InChI is InChI=1S/C15H24N2OS/c1-11(9-13-6-5-12(2)19-13)17-14(18)15(3)7-4-8-16-10-15/h5-6,11,16H,4,7-10H2,1-3H3,(H,17,18). The summed E-state index contributed by atoms with van der Waals surface area (Å²) < 4.78 is 0. The van der Waals surface area contributed by atoms with Crippen LogP contribution >= 0.6 is 11.3 Å². The van der Waals surface area contributed by atoms with E-state index >= 15 is 0 Å². The maximum absolute atomic E-state index is 12.4. The zero-order chi connectivity index (χ0) is 13.9. The Morgan fingerprint density at radius 3 is 2.95 bits per heavy atom. The highest BCUT2D eigenvalue weighted by Gasteiger charge is 2.34. The third-order valence-electron chi connectivity index (χ3n) is 3.83. The Balaban J connectivity index is 1.87. The molecule has 3 nitrogen and oxygen atoms in total. The fourth-order valence-electron chi connectivity index (χ4n) is 2.60. The van der Waals surface area contributed by atoms with Crippen molar-refractivity contribution in [2.75, 3.05) is 13.1 Å². The van der Waals surface area contributed by atoms with Crippen LogP contribution in [0.4, 0.5) is 0 Å². The summed E-state index contributed by atoms with van der Waals surface area (Å²) in [6, 6.07) is 4.50. The van der Waals surface area contributed by atoms with Crippen molar-refractivity contribution in [3.05, 3.63) is 21.9 Å². The molecular formula is C15H24N2OS. The van der Waals surface area contributed by atoms with E-state index < -0.39 is 0 Å². The molecule has 1 aromatic rings. The van der Waals surface area contributed by atoms with Crippen molar-refractivity contribution in [2.45, 2.75) is 46.1 Å². The Labute approximate surface area is 119 Å². The quantitative estimate of drug-likeness (QED) is 0.889. The second-order valence-electron chi connectivity index (χ2n) is 5.93. The first-order valence-electron chi connectivity index (χ1n) is 7.07. The van der Waals surface area contributed by atoms with Crippen LogP contribution in [0.15, 0.2) is 12.1 Å². The summed E-state index contributed by atoms with van der Waals surface area (Å²) >= 11 is 1.81. The monoisotopic (exact) mass is 280 g/mol. The van der Waals surface area contributed by atoms with Crippen LogP contribution in [0, 0.1) is 12.3 Å². The van der Waals surface area contributed by atoms with E-state index in [4.69, 9.17) is 0 Å². The summed E-state index contributed by atoms with van der Waals surface area (Å²) in [5.74, 6) is 0.195. The van der Waals surface area contributed by atoms with Crippen molar-refractivity contribution in [3.63, 3.8) is 0 Å². The van der Waals surface area contributed by atoms with Crippen LogP contribution in [-0.2, 0) is 11.2 Å². The third kappa shape index (κ3) is 3.80. The first-order chi connectivity index (χ1) is 8.99. The second-order valence-corrected chi connectivity index (χ2v) is 7.30. The van der Waals surface area contributed by atoms with Gasteiger partial charge < -0.3 is 10.6 Å². The van der Waals surface area contributed by atoms with Crippen LogP contribution in [0.2, 0.25) is 0 Å². The maximum atomic E-state index is 12.4. The SMILES string of the molecule is Cc1ccc(CC(C)NC(=O)C2(C)CCCNC2)s1. The average molecular weight is 280 g/mol. The molecule has 0 spiro atoms. The molecule has 4 heteroatoms. The molecule has 2 heterocycles. The molecule has 0 bridgehead atoms. The third-order valence-corrected chi connectivity index (χ3v) is 4.85. The van der Waals surface area contributed by atoms with Crippen molar-refractivity contribution in [3.8, 4) is 0 Å². The molecule has 0 aromatic carbocycles. The molecular weight excluding hydrogens is 256 g/mol. The van der Waals surface area contributed by atoms with Gasteiger partial charge in [0, 0.05) is 28.8 Å². The molecule has 1 amide bonds. The Hall–Kier alpha value is -0.870. The van der Waals surface area contributed by atoms with Gasteiger partial charge in [-0.15, -0.1) is 11.3 Å². The largest absolute Gasteiger partial charge is 0.353 e. The number of piperidine rings is 1. The lowest BCUT2D eigenvalue weighted by atomic mass is 9.81. The van der Waals surface area contributed by atoms with E-state index in [-0.39, 0.29) is 17.4 Å². The highest BCUT2D eigenvalue weighted by atomic mass is 32.1. The van der Waals surface area contributed by atoms with Crippen LogP contribution in [-0.4, -0.2) is 25.0 Å². The normalized spacial score (nSPS) is 25.0. The van der Waals surface area contributed by atoms with Gasteiger partial charge in [-0.1, -0.05) is 0 Å². The number of nitrogens with one attached hydrogen (secondary N) is 2. The number of hydrogen-bond acceptors (Lipinski definition) is 3. The smallest absolute Gasteiger partial charge is 0.227 e. The minimum absolute atomic E-state index is 0.195. The van der Waals surface area contributed by atoms with Gasteiger partial charge >= 0.3 is 0 Å². The van der Waals surface area contributed by atoms with Gasteiger partial charge in [0.1, 0.15) is 0 Å². The Morgan fingerprint density at radius 2 is 2.37 bits per heavy atom. The first kappa shape index (κ1) is 14.5. The number of thiophene rings is 1. The van der Waals surface area contributed by atoms with E-state index in [1.165, 1.54) is 9.75 Å². The van der Waals surface area contributed by atoms with Crippen LogP contribution < -0.4 is 10.6 Å². The minimum atomic E-state index is -0.238. The molecule has 1 aliphatic heterocycles. The Bertz CT molecular complexity index is 435. The number of aryl methyl sites for hydroxylation is 1. The number of carbonyl (C=O) groups is 1. The zero-order valence-corrected chi connectivity index (χ0v) is 12.9. The number of rotatable bonds is 4. The lowest BCUT2D eigenvalue weighted by Gasteiger charge is -2.33. The number of carbonyl (C=O) groups excluding carboxylic acids is 1. The van der Waals surface area contributed by atoms with Gasteiger partial charge in [-0.25, -0.2) is 0 Å². The fraction of sp³-hybridized carbons (Fsp3) is 0.667. The van der Waals surface area contributed by atoms with E-state index in [1.807, 2.05) is 11.3 Å². The van der Waals surface area contributed by atoms with Crippen LogP contribution in [0.25, 0.3) is 0 Å². The maximum Gasteiger partial charge on any atom is 0.227 e. The predicted molar refractivity (Wildman–Crippen MR) is 80.6 cm³/mol. The summed E-state index contributed by atoms with van der Waals surface area (Å²) in [7, 11) is 0. The molecule has 1 aromatic heterocycles. The van der Waals surface area contributed by atoms with E-state index in [2.05, 4.69) is 43.5 Å². The van der Waals surface area contributed by atoms with Gasteiger partial charge in [0.15, 0.2) is 0 Å². The number of hydrogen-bond donors (Lipinski definition) is 2. The molecule has 2 N–H and O–H groups in total. The molecule has 0 aliphatic carbocycles. The zero-order valence-electron chi connectivity index (χ0n) is 12.1. The van der Waals surface area contributed by atoms with Gasteiger partial charge in [0.25, 0.3) is 0 Å². The Kier molecular flexibility index (Phi) is 4.63. The summed E-state index contributed by atoms with van der Waals surface area (Å²) in [6.07, 6.45) is 2.99. The molecule has 1 aliphatic rings. The van der Waals surface area contributed by atoms with E-state index in [1.54, 1.807) is 0 Å². The van der Waals surface area contributed by atoms with Crippen LogP contribution in [0.1, 0.15) is 36.4 Å². The highest BCUT2D eigenvalue weighted by molar-refractivity contribution is 7.11. The molecule has 0 saturated carbocycles. The van der Waals surface area contributed by atoms with Crippen molar-refractivity contribution in [1.82, 2.24) is 10.6 Å². The summed E-state index contributed by atoms with van der Waals surface area (Å²) in [6.45, 7) is 8.10. The molecule has 19 heavy (non-hydrogen) atoms. The molecule has 1 fully saturated rings. The van der Waals surface area contributed by atoms with Crippen molar-refractivity contribution in [1.29, 1.82) is 0 Å². The van der Waals surface area contributed by atoms with Crippen molar-refractivity contribution < 1.29 is 4.79 Å². The van der Waals surface area contributed by atoms with Crippen molar-refractivity contribution in [2.24, 2.45) is 5.41 Å². The minimum Gasteiger partial charge on any atom is -0.353 e. The van der Waals surface area contributed by atoms with Crippen LogP contribution in [0.3, 0.4) is 0 Å². The Morgan fingerprint density at radius 1 is 1.58 bits per heavy atom. The lowest BCUT2D eigenvalue weighted by molar-refractivity contribution is -0.131. The van der Waals surface area contributed by atoms with Crippen molar-refractivity contribution >= 4 is 17.2 Å². The lowest BCUT2D eigenvalue weighted by Crippen LogP contribution is -2.51. The topological polar surface area (TPSA) is 41.1 Å². The van der Waals surface area contributed by atoms with Gasteiger partial charge in [-0.05, 0) is 52.3 Å². The van der Waals surface area contributed by atoms with Gasteiger partial charge in [0.2, 0.25) is 5.91 Å². The van der Waals surface area contributed by atoms with Gasteiger partial charge in [0.05, 0.1) is 5.41 Å². The van der Waals surface area contributed by atoms with E-state index in [0.717, 1.165) is 32.4 Å². The second kappa shape index (κ2) is 6.06. The molecule has 2 atom stereocenters. The first-order valence-corrected chi connectivity index (χ1v) is 7.88. The molecule has 1 saturated heterocycles. The average Bonchev–Trinajstić information content (AvgIpc) is 2.75. The molecule has 2 unspecified atom stereocenters. The highest BCUT2D eigenvalue weighted by Crippen LogP contribution is 2.26. The predicted octanol–water partition coefficient (Wildman–Crippen LogP) is 2.49. The van der Waals surface area contributed by atoms with Crippen LogP contribution in [0.5, 0.6) is 0 Å². The van der Waals surface area contributed by atoms with Gasteiger partial charge in [-0.2, -0.15) is 0 Å². The molecule has 2 rings (SSSR count). The summed E-state index contributed by atoms with van der Waals surface area (Å²) in [5.41, 5.74) is -0.238. The summed E-state index contributed by atoms with van der Waals surface area (Å²) in [4.78, 5) is 15.1. The van der Waals surface area contributed by atoms with E-state index in [9.17, 15) is 4.79 Å². The molecule has 0 radical (unpaired) electrons. The van der Waals surface area contributed by atoms with E-state index in [0.29, 0.717) is 0 Å².